The molecule has 8 nitrogen and oxygen atoms in total. The topological polar surface area (TPSA) is 82.1 Å². The molecule has 3 aliphatic rings. The monoisotopic (exact) mass is 393 g/mol. The average Bonchev–Trinajstić information content (AvgIpc) is 3.51. The van der Waals surface area contributed by atoms with Gasteiger partial charge in [0.15, 0.2) is 0 Å². The molecule has 0 radical (unpaired) electrons. The van der Waals surface area contributed by atoms with Crippen LogP contribution in [0.4, 0.5) is 0 Å². The van der Waals surface area contributed by atoms with Crippen molar-refractivity contribution in [2.24, 2.45) is 7.05 Å². The molecule has 0 aliphatic carbocycles. The molecule has 3 aliphatic heterocycles. The molecule has 5 heterocycles. The van der Waals surface area contributed by atoms with Crippen LogP contribution < -0.4 is 5.32 Å². The number of nitrogens with one attached hydrogen (secondary N) is 2. The van der Waals surface area contributed by atoms with E-state index in [-0.39, 0.29) is 0 Å². The van der Waals surface area contributed by atoms with Crippen LogP contribution in [0, 0.1) is 0 Å². The van der Waals surface area contributed by atoms with Crippen molar-refractivity contribution in [3.63, 3.8) is 0 Å². The Hall–Kier alpha value is -2.87. The van der Waals surface area contributed by atoms with Gasteiger partial charge in [-0.25, -0.2) is 0 Å². The summed E-state index contributed by atoms with van der Waals surface area (Å²) in [6.45, 7) is 2.78. The summed E-state index contributed by atoms with van der Waals surface area (Å²) in [5.74, 6) is 0.328. The molecule has 1 unspecified atom stereocenters. The number of aromatic nitrogens is 4. The highest BCUT2D eigenvalue weighted by atomic mass is 16.2. The molecule has 0 spiro atoms. The van der Waals surface area contributed by atoms with E-state index in [0.29, 0.717) is 18.4 Å². The number of nitrogens with zero attached hydrogens (tertiary/aromatic N) is 5. The smallest absolute Gasteiger partial charge is 0.222 e. The minimum absolute atomic E-state index is 0.328. The maximum Gasteiger partial charge on any atom is 0.222 e. The largest absolute Gasteiger partial charge is 0.365 e. The lowest BCUT2D eigenvalue weighted by Gasteiger charge is -2.47. The molecule has 29 heavy (non-hydrogen) atoms. The number of likely N-dealkylation sites (tertiary alicyclic amines) is 2. The quantitative estimate of drug-likeness (QED) is 0.824. The second-order valence-corrected chi connectivity index (χ2v) is 8.14. The van der Waals surface area contributed by atoms with E-state index in [9.17, 15) is 4.79 Å². The summed E-state index contributed by atoms with van der Waals surface area (Å²) in [6.07, 6.45) is 17.9. The Kier molecular flexibility index (Phi) is 4.50. The van der Waals surface area contributed by atoms with Gasteiger partial charge in [0.25, 0.3) is 0 Å². The fraction of sp³-hybridized carbons (Fsp3) is 0.476. The number of aromatic amines is 1. The second kappa shape index (κ2) is 7.18. The van der Waals surface area contributed by atoms with E-state index in [1.807, 2.05) is 30.3 Å². The Bertz CT molecular complexity index is 936. The van der Waals surface area contributed by atoms with Gasteiger partial charge in [-0.15, -0.1) is 0 Å². The van der Waals surface area contributed by atoms with Crippen molar-refractivity contribution in [3.8, 4) is 0 Å². The molecule has 2 saturated heterocycles. The van der Waals surface area contributed by atoms with Crippen LogP contribution in [0.1, 0.15) is 36.8 Å². The number of rotatable bonds is 4. The first kappa shape index (κ1) is 18.2. The normalized spacial score (nSPS) is 26.0. The zero-order valence-corrected chi connectivity index (χ0v) is 16.7. The Labute approximate surface area is 170 Å². The Morgan fingerprint density at radius 2 is 2.07 bits per heavy atom. The lowest BCUT2D eigenvalue weighted by atomic mass is 9.91. The van der Waals surface area contributed by atoms with Gasteiger partial charge >= 0.3 is 0 Å². The molecule has 2 aromatic rings. The molecule has 152 valence electrons. The molecule has 0 saturated carbocycles. The third-order valence-corrected chi connectivity index (χ3v) is 6.44. The van der Waals surface area contributed by atoms with Crippen LogP contribution in [0.5, 0.6) is 0 Å². The first-order chi connectivity index (χ1) is 14.2. The van der Waals surface area contributed by atoms with Gasteiger partial charge in [-0.1, -0.05) is 6.08 Å². The Morgan fingerprint density at radius 3 is 2.66 bits per heavy atom. The molecule has 1 atom stereocenters. The van der Waals surface area contributed by atoms with Crippen LogP contribution in [0.3, 0.4) is 0 Å². The zero-order chi connectivity index (χ0) is 19.8. The van der Waals surface area contributed by atoms with E-state index < -0.39 is 5.66 Å². The lowest BCUT2D eigenvalue weighted by molar-refractivity contribution is -0.130. The summed E-state index contributed by atoms with van der Waals surface area (Å²) >= 11 is 0. The highest BCUT2D eigenvalue weighted by molar-refractivity contribution is 5.78. The van der Waals surface area contributed by atoms with E-state index in [0.717, 1.165) is 55.6 Å². The summed E-state index contributed by atoms with van der Waals surface area (Å²) in [4.78, 5) is 16.7. The van der Waals surface area contributed by atoms with E-state index in [1.54, 1.807) is 0 Å². The van der Waals surface area contributed by atoms with Gasteiger partial charge in [0.05, 0.1) is 12.4 Å². The summed E-state index contributed by atoms with van der Waals surface area (Å²) in [7, 11) is 1.95. The molecular weight excluding hydrogens is 366 g/mol. The first-order valence-corrected chi connectivity index (χ1v) is 10.4. The molecule has 2 fully saturated rings. The van der Waals surface area contributed by atoms with Crippen LogP contribution in [0.2, 0.25) is 0 Å². The van der Waals surface area contributed by atoms with Gasteiger partial charge in [-0.05, 0) is 25.3 Å². The van der Waals surface area contributed by atoms with E-state index in [1.165, 1.54) is 0 Å². The average molecular weight is 393 g/mol. The molecule has 1 amide bonds. The van der Waals surface area contributed by atoms with E-state index >= 15 is 0 Å². The summed E-state index contributed by atoms with van der Waals surface area (Å²) in [5, 5.41) is 15.0. The minimum Gasteiger partial charge on any atom is -0.365 e. The predicted molar refractivity (Wildman–Crippen MR) is 109 cm³/mol. The number of allylic oxidation sites excluding steroid dienone is 2. The molecule has 5 rings (SSSR count). The van der Waals surface area contributed by atoms with Gasteiger partial charge in [-0.3, -0.25) is 19.5 Å². The fourth-order valence-electron chi connectivity index (χ4n) is 4.84. The molecule has 2 aromatic heterocycles. The minimum atomic E-state index is -0.429. The number of carbonyl (C=O) groups excluding carboxylic acids is 1. The number of H-pyrrole nitrogens is 1. The van der Waals surface area contributed by atoms with Crippen LogP contribution >= 0.6 is 0 Å². The third kappa shape index (κ3) is 3.17. The molecule has 2 N–H and O–H groups in total. The van der Waals surface area contributed by atoms with Gasteiger partial charge in [0, 0.05) is 74.4 Å². The number of piperidine rings is 1. The lowest BCUT2D eigenvalue weighted by Crippen LogP contribution is -2.58. The maximum atomic E-state index is 12.2. The van der Waals surface area contributed by atoms with Gasteiger partial charge in [0.1, 0.15) is 5.66 Å². The second-order valence-electron chi connectivity index (χ2n) is 8.14. The van der Waals surface area contributed by atoms with Crippen molar-refractivity contribution < 1.29 is 4.79 Å². The first-order valence-electron chi connectivity index (χ1n) is 10.4. The molecular formula is C21H27N7O. The van der Waals surface area contributed by atoms with Crippen LogP contribution in [0.15, 0.2) is 43.1 Å². The van der Waals surface area contributed by atoms with E-state index in [2.05, 4.69) is 55.0 Å². The zero-order valence-electron chi connectivity index (χ0n) is 16.7. The summed E-state index contributed by atoms with van der Waals surface area (Å²) in [6, 6.07) is 0.372. The number of carbonyl (C=O) groups is 1. The van der Waals surface area contributed by atoms with Gasteiger partial charge in [-0.2, -0.15) is 10.2 Å². The van der Waals surface area contributed by atoms with Crippen molar-refractivity contribution >= 4 is 11.5 Å². The van der Waals surface area contributed by atoms with Gasteiger partial charge in [0.2, 0.25) is 5.91 Å². The third-order valence-electron chi connectivity index (χ3n) is 6.44. The number of hydrogen-bond donors (Lipinski definition) is 2. The predicted octanol–water partition coefficient (Wildman–Crippen LogP) is 1.58. The SMILES string of the molecule is Cn1cc(C2(N3CCC(N4CCCC4=O)CC3)C=CC(c3cn[nH]c3)=CN2)cn1. The maximum absolute atomic E-state index is 12.2. The number of dihydropyridines is 1. The highest BCUT2D eigenvalue weighted by Gasteiger charge is 2.41. The van der Waals surface area contributed by atoms with Crippen LogP contribution in [-0.2, 0) is 17.5 Å². The summed E-state index contributed by atoms with van der Waals surface area (Å²) in [5.41, 5.74) is 2.84. The van der Waals surface area contributed by atoms with Crippen molar-refractivity contribution in [1.29, 1.82) is 0 Å². The number of hydrogen-bond acceptors (Lipinski definition) is 5. The summed E-state index contributed by atoms with van der Waals surface area (Å²) < 4.78 is 1.84. The van der Waals surface area contributed by atoms with Crippen LogP contribution in [-0.4, -0.2) is 61.4 Å². The Balaban J connectivity index is 1.38. The number of amides is 1. The van der Waals surface area contributed by atoms with Crippen molar-refractivity contribution in [2.75, 3.05) is 19.6 Å². The van der Waals surface area contributed by atoms with Crippen molar-refractivity contribution in [3.05, 3.63) is 54.3 Å². The molecule has 0 aromatic carbocycles. The molecule has 8 heteroatoms. The van der Waals surface area contributed by atoms with Crippen LogP contribution in [0.25, 0.3) is 5.57 Å². The fourth-order valence-corrected chi connectivity index (χ4v) is 4.84. The van der Waals surface area contributed by atoms with Gasteiger partial charge < -0.3 is 10.2 Å². The molecule has 0 bridgehead atoms. The highest BCUT2D eigenvalue weighted by Crippen LogP contribution is 2.35. The van der Waals surface area contributed by atoms with Crippen molar-refractivity contribution in [2.45, 2.75) is 37.4 Å². The van der Waals surface area contributed by atoms with E-state index in [4.69, 9.17) is 0 Å². The Morgan fingerprint density at radius 1 is 1.21 bits per heavy atom. The standard InChI is InChI=1S/C21H27N7O/c1-26-15-18(14-25-26)21(7-4-16(11-22-21)17-12-23-24-13-17)27-9-5-19(6-10-27)28-8-2-3-20(28)29/h4,7,11-15,19,22H,2-3,5-6,8-10H2,1H3,(H,23,24). The number of aryl methyl sites for hydroxylation is 1. The van der Waals surface area contributed by atoms with Crippen molar-refractivity contribution in [1.82, 2.24) is 35.1 Å².